The fraction of sp³-hybridized carbons (Fsp3) is 0.175. The second-order valence-corrected chi connectivity index (χ2v) is 15.0. The van der Waals surface area contributed by atoms with E-state index in [4.69, 9.17) is 15.0 Å². The molecule has 0 bridgehead atoms. The Hall–Kier alpha value is -4.55. The van der Waals surface area contributed by atoms with Gasteiger partial charge in [0.25, 0.3) is 0 Å². The summed E-state index contributed by atoms with van der Waals surface area (Å²) < 4.78 is 3.60. The van der Waals surface area contributed by atoms with E-state index in [1.807, 2.05) is 60.7 Å². The highest BCUT2D eigenvalue weighted by Gasteiger charge is 2.38. The summed E-state index contributed by atoms with van der Waals surface area (Å²) in [4.78, 5) is 15.0. The summed E-state index contributed by atoms with van der Waals surface area (Å²) in [5, 5.41) is 2.41. The lowest BCUT2D eigenvalue weighted by Crippen LogP contribution is -2.31. The lowest BCUT2D eigenvalue weighted by molar-refractivity contribution is 0.574. The van der Waals surface area contributed by atoms with Gasteiger partial charge in [-0.25, -0.2) is 15.0 Å². The van der Waals surface area contributed by atoms with Gasteiger partial charge in [-0.15, -0.1) is 0 Å². The van der Waals surface area contributed by atoms with Gasteiger partial charge in [-0.1, -0.05) is 129 Å². The van der Waals surface area contributed by atoms with Crippen molar-refractivity contribution < 1.29 is 0 Å². The first-order valence-electron chi connectivity index (χ1n) is 15.8. The highest BCUT2D eigenvalue weighted by atomic mass is 79.9. The van der Waals surface area contributed by atoms with Crippen LogP contribution in [0, 0.1) is 0 Å². The largest absolute Gasteiger partial charge is 0.308 e. The van der Waals surface area contributed by atoms with Crippen molar-refractivity contribution in [1.29, 1.82) is 0 Å². The van der Waals surface area contributed by atoms with Gasteiger partial charge in [0.15, 0.2) is 17.5 Å². The maximum Gasteiger partial charge on any atom is 0.164 e. The molecule has 0 N–H and O–H groups in total. The average molecular weight is 661 g/mol. The van der Waals surface area contributed by atoms with Crippen molar-refractivity contribution in [3.63, 3.8) is 0 Å². The van der Waals surface area contributed by atoms with Crippen molar-refractivity contribution in [3.8, 4) is 39.9 Å². The zero-order valence-electron chi connectivity index (χ0n) is 27.0. The van der Waals surface area contributed by atoms with Crippen LogP contribution in [0.1, 0.15) is 51.3 Å². The molecule has 224 valence electrons. The molecule has 4 nitrogen and oxygen atoms in total. The summed E-state index contributed by atoms with van der Waals surface area (Å²) in [7, 11) is 2.22. The summed E-state index contributed by atoms with van der Waals surface area (Å²) in [5.41, 5.74) is 11.8. The fourth-order valence-electron chi connectivity index (χ4n) is 7.11. The third-order valence-electron chi connectivity index (χ3n) is 9.42. The van der Waals surface area contributed by atoms with Crippen molar-refractivity contribution >= 4 is 51.0 Å². The number of hydrogen-bond donors (Lipinski definition) is 0. The monoisotopic (exact) mass is 660 g/mol. The standard InChI is InChI=1S/C40H34BBrN4/c1-39(2,3)30-19-26(41)20-31-35(30)46-33-17-16-25(18-28(33)29-21-27(42)22-32(34(29)46)40(31,4)5)38-44-36(23-12-8-6-9-13-23)43-37(45-38)24-14-10-7-11-15-24/h6-22H,41H2,1-5H3. The minimum Gasteiger partial charge on any atom is -0.308 e. The third kappa shape index (κ3) is 4.45. The van der Waals surface area contributed by atoms with Gasteiger partial charge in [-0.3, -0.25) is 0 Å². The Labute approximate surface area is 279 Å². The lowest BCUT2D eigenvalue weighted by atomic mass is 9.70. The van der Waals surface area contributed by atoms with Crippen LogP contribution < -0.4 is 5.46 Å². The molecule has 0 atom stereocenters. The molecule has 0 aliphatic carbocycles. The SMILES string of the molecule is Bc1cc(C(C)(C)C)c2c(c1)C(C)(C)c1cc(Br)cc3c4cc(-c5nc(-c6ccccc6)nc(-c6ccccc6)n5)ccc4n-2c13. The van der Waals surface area contributed by atoms with Crippen LogP contribution in [0.15, 0.2) is 108 Å². The van der Waals surface area contributed by atoms with Crippen LogP contribution in [0.5, 0.6) is 0 Å². The Morgan fingerprint density at radius 2 is 1.24 bits per heavy atom. The van der Waals surface area contributed by atoms with Gasteiger partial charge >= 0.3 is 0 Å². The van der Waals surface area contributed by atoms with Gasteiger partial charge in [-0.2, -0.15) is 0 Å². The molecule has 6 heteroatoms. The van der Waals surface area contributed by atoms with Crippen molar-refractivity contribution in [1.82, 2.24) is 19.5 Å². The van der Waals surface area contributed by atoms with E-state index in [2.05, 4.69) is 105 Å². The van der Waals surface area contributed by atoms with Crippen LogP contribution in [0.3, 0.4) is 0 Å². The molecule has 1 aliphatic heterocycles. The number of fused-ring (bicyclic) bond motifs is 5. The highest BCUT2D eigenvalue weighted by Crippen LogP contribution is 2.50. The summed E-state index contributed by atoms with van der Waals surface area (Å²) in [6.45, 7) is 11.7. The zero-order valence-corrected chi connectivity index (χ0v) is 28.6. The number of nitrogens with zero attached hydrogens (tertiary/aromatic N) is 4. The molecular weight excluding hydrogens is 627 g/mol. The maximum atomic E-state index is 5.04. The van der Waals surface area contributed by atoms with E-state index in [0.717, 1.165) is 21.2 Å². The van der Waals surface area contributed by atoms with E-state index in [0.29, 0.717) is 17.5 Å². The van der Waals surface area contributed by atoms with Crippen LogP contribution in [0.4, 0.5) is 0 Å². The van der Waals surface area contributed by atoms with Crippen molar-refractivity contribution in [3.05, 3.63) is 124 Å². The normalized spacial score (nSPS) is 13.7. The molecule has 5 aromatic carbocycles. The van der Waals surface area contributed by atoms with Gasteiger partial charge in [-0.05, 0) is 52.4 Å². The number of benzene rings is 5. The van der Waals surface area contributed by atoms with Gasteiger partial charge < -0.3 is 4.57 Å². The number of halogens is 1. The third-order valence-corrected chi connectivity index (χ3v) is 9.87. The van der Waals surface area contributed by atoms with Crippen molar-refractivity contribution in [2.75, 3.05) is 0 Å². The van der Waals surface area contributed by atoms with Crippen molar-refractivity contribution in [2.45, 2.75) is 45.4 Å². The molecule has 8 rings (SSSR count). The van der Waals surface area contributed by atoms with Gasteiger partial charge in [0.2, 0.25) is 0 Å². The molecule has 7 aromatic rings. The first-order chi connectivity index (χ1) is 22.0. The van der Waals surface area contributed by atoms with E-state index in [1.54, 1.807) is 0 Å². The van der Waals surface area contributed by atoms with Gasteiger partial charge in [0.05, 0.1) is 16.7 Å². The van der Waals surface area contributed by atoms with Gasteiger partial charge in [0.1, 0.15) is 7.85 Å². The Balaban J connectivity index is 1.44. The molecule has 0 radical (unpaired) electrons. The quantitative estimate of drug-likeness (QED) is 0.178. The second-order valence-electron chi connectivity index (χ2n) is 14.0. The van der Waals surface area contributed by atoms with E-state index in [-0.39, 0.29) is 10.8 Å². The zero-order chi connectivity index (χ0) is 32.0. The Morgan fingerprint density at radius 1 is 0.652 bits per heavy atom. The predicted molar refractivity (Wildman–Crippen MR) is 197 cm³/mol. The molecule has 46 heavy (non-hydrogen) atoms. The van der Waals surface area contributed by atoms with Crippen LogP contribution in [0.2, 0.25) is 0 Å². The van der Waals surface area contributed by atoms with Crippen molar-refractivity contribution in [2.24, 2.45) is 0 Å². The molecule has 2 aromatic heterocycles. The molecular formula is C40H34BBrN4. The van der Waals surface area contributed by atoms with E-state index >= 15 is 0 Å². The maximum absolute atomic E-state index is 5.04. The topological polar surface area (TPSA) is 43.6 Å². The molecule has 0 fully saturated rings. The molecule has 0 saturated carbocycles. The van der Waals surface area contributed by atoms with E-state index in [1.165, 1.54) is 49.6 Å². The Morgan fingerprint density at radius 3 is 1.83 bits per heavy atom. The Kier molecular flexibility index (Phi) is 6.43. The summed E-state index contributed by atoms with van der Waals surface area (Å²) in [5.74, 6) is 1.99. The first kappa shape index (κ1) is 28.9. The molecule has 0 amide bonds. The fourth-order valence-corrected chi connectivity index (χ4v) is 7.57. The van der Waals surface area contributed by atoms with Crippen LogP contribution in [-0.4, -0.2) is 27.4 Å². The highest BCUT2D eigenvalue weighted by molar-refractivity contribution is 9.10. The van der Waals surface area contributed by atoms with Crippen LogP contribution in [-0.2, 0) is 10.8 Å². The van der Waals surface area contributed by atoms with E-state index in [9.17, 15) is 0 Å². The number of aromatic nitrogens is 4. The smallest absolute Gasteiger partial charge is 0.164 e. The Bertz CT molecular complexity index is 2280. The molecule has 0 spiro atoms. The summed E-state index contributed by atoms with van der Waals surface area (Å²) in [6.07, 6.45) is 0. The summed E-state index contributed by atoms with van der Waals surface area (Å²) >= 11 is 3.89. The van der Waals surface area contributed by atoms with Gasteiger partial charge in [0, 0.05) is 37.4 Å². The number of hydrogen-bond acceptors (Lipinski definition) is 3. The minimum atomic E-state index is -0.181. The lowest BCUT2D eigenvalue weighted by Gasteiger charge is -2.38. The molecule has 0 unspecified atom stereocenters. The average Bonchev–Trinajstić information content (AvgIpc) is 3.37. The number of rotatable bonds is 3. The van der Waals surface area contributed by atoms with Crippen LogP contribution in [0.25, 0.3) is 61.7 Å². The summed E-state index contributed by atoms with van der Waals surface area (Å²) in [6, 6.07) is 36.3. The minimum absolute atomic E-state index is 0.0333. The molecule has 0 saturated heterocycles. The van der Waals surface area contributed by atoms with Crippen LogP contribution >= 0.6 is 15.9 Å². The van der Waals surface area contributed by atoms with E-state index < -0.39 is 0 Å². The second kappa shape index (κ2) is 10.2. The molecule has 3 heterocycles. The first-order valence-corrected chi connectivity index (χ1v) is 16.6. The predicted octanol–water partition coefficient (Wildman–Crippen LogP) is 8.93. The molecule has 1 aliphatic rings.